The van der Waals surface area contributed by atoms with E-state index in [9.17, 15) is 14.5 Å². The van der Waals surface area contributed by atoms with Crippen molar-refractivity contribution in [3.8, 4) is 5.82 Å². The molecule has 0 spiro atoms. The SMILES string of the molecule is CC(C)c1nccn1-c1ccc([N+](=O)[O-])c(Nc2ccc(N3CCNCC3)c(F)c2)n1. The second kappa shape index (κ2) is 8.68. The normalized spacial score (nSPS) is 14.1. The average Bonchev–Trinajstić information content (AvgIpc) is 3.25. The molecule has 0 saturated carbocycles. The van der Waals surface area contributed by atoms with Crippen LogP contribution in [0.15, 0.2) is 42.7 Å². The van der Waals surface area contributed by atoms with Gasteiger partial charge < -0.3 is 15.5 Å². The van der Waals surface area contributed by atoms with Crippen LogP contribution in [-0.4, -0.2) is 45.6 Å². The van der Waals surface area contributed by atoms with Crippen LogP contribution in [0.5, 0.6) is 0 Å². The van der Waals surface area contributed by atoms with Gasteiger partial charge in [-0.25, -0.2) is 14.4 Å². The zero-order valence-electron chi connectivity index (χ0n) is 17.4. The minimum atomic E-state index is -0.512. The second-order valence-corrected chi connectivity index (χ2v) is 7.63. The first kappa shape index (κ1) is 20.7. The summed E-state index contributed by atoms with van der Waals surface area (Å²) in [7, 11) is 0. The first-order valence-corrected chi connectivity index (χ1v) is 10.2. The minimum Gasteiger partial charge on any atom is -0.367 e. The van der Waals surface area contributed by atoms with E-state index in [0.717, 1.165) is 32.0 Å². The van der Waals surface area contributed by atoms with Crippen LogP contribution in [0, 0.1) is 15.9 Å². The Kier molecular flexibility index (Phi) is 5.81. The lowest BCUT2D eigenvalue weighted by atomic mass is 10.2. The van der Waals surface area contributed by atoms with Gasteiger partial charge in [-0.1, -0.05) is 13.8 Å². The van der Waals surface area contributed by atoms with Gasteiger partial charge in [-0.3, -0.25) is 14.7 Å². The van der Waals surface area contributed by atoms with Crippen molar-refractivity contribution in [3.05, 3.63) is 64.5 Å². The second-order valence-electron chi connectivity index (χ2n) is 7.63. The Balaban J connectivity index is 1.66. The van der Waals surface area contributed by atoms with Crippen molar-refractivity contribution in [1.82, 2.24) is 19.9 Å². The molecule has 4 rings (SSSR count). The maximum atomic E-state index is 14.8. The molecule has 1 fully saturated rings. The number of hydrogen-bond donors (Lipinski definition) is 2. The van der Waals surface area contributed by atoms with Crippen LogP contribution in [0.25, 0.3) is 5.82 Å². The lowest BCUT2D eigenvalue weighted by Crippen LogP contribution is -2.43. The number of pyridine rings is 1. The number of imidazole rings is 1. The van der Waals surface area contributed by atoms with Gasteiger partial charge in [-0.2, -0.15) is 0 Å². The molecule has 0 bridgehead atoms. The van der Waals surface area contributed by atoms with Crippen molar-refractivity contribution in [3.63, 3.8) is 0 Å². The highest BCUT2D eigenvalue weighted by molar-refractivity contribution is 5.68. The highest BCUT2D eigenvalue weighted by atomic mass is 19.1. The number of piperazine rings is 1. The quantitative estimate of drug-likeness (QED) is 0.460. The van der Waals surface area contributed by atoms with E-state index in [4.69, 9.17) is 0 Å². The Hall–Kier alpha value is -3.53. The van der Waals surface area contributed by atoms with Gasteiger partial charge in [0.1, 0.15) is 17.5 Å². The molecule has 0 radical (unpaired) electrons. The third kappa shape index (κ3) is 4.33. The zero-order chi connectivity index (χ0) is 22.0. The Morgan fingerprint density at radius 1 is 1.23 bits per heavy atom. The number of hydrogen-bond acceptors (Lipinski definition) is 7. The van der Waals surface area contributed by atoms with Crippen molar-refractivity contribution in [2.24, 2.45) is 0 Å². The summed E-state index contributed by atoms with van der Waals surface area (Å²) in [5.74, 6) is 1.09. The molecule has 1 aliphatic rings. The number of anilines is 3. The summed E-state index contributed by atoms with van der Waals surface area (Å²) in [5.41, 5.74) is 0.712. The monoisotopic (exact) mass is 425 g/mol. The number of benzene rings is 1. The van der Waals surface area contributed by atoms with Gasteiger partial charge in [-0.05, 0) is 24.3 Å². The molecule has 0 aliphatic carbocycles. The summed E-state index contributed by atoms with van der Waals surface area (Å²) in [6, 6.07) is 7.69. The standard InChI is InChI=1S/C21H24FN7O2/c1-14(2)21-24-9-12-28(21)19-6-5-18(29(30)31)20(26-19)25-15-3-4-17(16(22)13-15)27-10-7-23-8-11-27/h3-6,9,12-14,23H,7-8,10-11H2,1-2H3,(H,25,26). The molecule has 0 amide bonds. The Bertz CT molecular complexity index is 1090. The van der Waals surface area contributed by atoms with Crippen LogP contribution in [0.1, 0.15) is 25.6 Å². The topological polar surface area (TPSA) is 101 Å². The van der Waals surface area contributed by atoms with Gasteiger partial charge in [0.15, 0.2) is 0 Å². The highest BCUT2D eigenvalue weighted by Crippen LogP contribution is 2.30. The van der Waals surface area contributed by atoms with Crippen LogP contribution >= 0.6 is 0 Å². The summed E-state index contributed by atoms with van der Waals surface area (Å²) in [4.78, 5) is 21.8. The van der Waals surface area contributed by atoms with Crippen molar-refractivity contribution in [2.45, 2.75) is 19.8 Å². The van der Waals surface area contributed by atoms with Crippen molar-refractivity contribution in [2.75, 3.05) is 36.4 Å². The fraction of sp³-hybridized carbons (Fsp3) is 0.333. The molecule has 2 N–H and O–H groups in total. The van der Waals surface area contributed by atoms with Gasteiger partial charge in [0.2, 0.25) is 5.82 Å². The summed E-state index contributed by atoms with van der Waals surface area (Å²) < 4.78 is 16.6. The van der Waals surface area contributed by atoms with Gasteiger partial charge in [0.05, 0.1) is 10.6 Å². The van der Waals surface area contributed by atoms with E-state index < -0.39 is 4.92 Å². The van der Waals surface area contributed by atoms with Gasteiger partial charge in [0.25, 0.3) is 0 Å². The third-order valence-electron chi connectivity index (χ3n) is 5.16. The van der Waals surface area contributed by atoms with Crippen LogP contribution in [-0.2, 0) is 0 Å². The molecule has 3 heterocycles. The lowest BCUT2D eigenvalue weighted by Gasteiger charge is -2.29. The van der Waals surface area contributed by atoms with E-state index in [1.54, 1.807) is 35.2 Å². The molecule has 3 aromatic rings. The Morgan fingerprint density at radius 3 is 2.68 bits per heavy atom. The molecule has 9 nitrogen and oxygen atoms in total. The Labute approximate surface area is 179 Å². The van der Waals surface area contributed by atoms with Crippen molar-refractivity contribution in [1.29, 1.82) is 0 Å². The van der Waals surface area contributed by atoms with Crippen LogP contribution in [0.2, 0.25) is 0 Å². The molecule has 1 saturated heterocycles. The maximum absolute atomic E-state index is 14.8. The van der Waals surface area contributed by atoms with E-state index in [1.165, 1.54) is 12.1 Å². The summed E-state index contributed by atoms with van der Waals surface area (Å²) in [6.07, 6.45) is 3.42. The predicted octanol–water partition coefficient (Wildman–Crippen LogP) is 3.59. The molecule has 2 aromatic heterocycles. The molecular formula is C21H24FN7O2. The number of rotatable bonds is 6. The predicted molar refractivity (Wildman–Crippen MR) is 117 cm³/mol. The molecule has 0 atom stereocenters. The zero-order valence-corrected chi connectivity index (χ0v) is 17.4. The van der Waals surface area contributed by atoms with Crippen molar-refractivity contribution >= 4 is 22.9 Å². The summed E-state index contributed by atoms with van der Waals surface area (Å²) in [5, 5.41) is 17.7. The number of halogens is 1. The van der Waals surface area contributed by atoms with E-state index in [1.807, 2.05) is 18.7 Å². The first-order chi connectivity index (χ1) is 14.9. The highest BCUT2D eigenvalue weighted by Gasteiger charge is 2.20. The Morgan fingerprint density at radius 2 is 2.00 bits per heavy atom. The molecule has 1 aliphatic heterocycles. The van der Waals surface area contributed by atoms with Gasteiger partial charge in [0, 0.05) is 56.2 Å². The third-order valence-corrected chi connectivity index (χ3v) is 5.16. The number of nitrogens with one attached hydrogen (secondary N) is 2. The van der Waals surface area contributed by atoms with E-state index in [0.29, 0.717) is 17.2 Å². The van der Waals surface area contributed by atoms with Crippen LogP contribution < -0.4 is 15.5 Å². The average molecular weight is 425 g/mol. The largest absolute Gasteiger partial charge is 0.367 e. The van der Waals surface area contributed by atoms with Gasteiger partial charge >= 0.3 is 5.69 Å². The number of nitro groups is 1. The fourth-order valence-corrected chi connectivity index (χ4v) is 3.63. The van der Waals surface area contributed by atoms with E-state index in [2.05, 4.69) is 20.6 Å². The van der Waals surface area contributed by atoms with Crippen molar-refractivity contribution < 1.29 is 9.31 Å². The maximum Gasteiger partial charge on any atom is 0.311 e. The van der Waals surface area contributed by atoms with Gasteiger partial charge in [-0.15, -0.1) is 0 Å². The number of nitrogens with zero attached hydrogens (tertiary/aromatic N) is 5. The fourth-order valence-electron chi connectivity index (χ4n) is 3.63. The van der Waals surface area contributed by atoms with Crippen LogP contribution in [0.3, 0.4) is 0 Å². The molecule has 0 unspecified atom stereocenters. The molecule has 10 heteroatoms. The number of aromatic nitrogens is 3. The van der Waals surface area contributed by atoms with E-state index in [-0.39, 0.29) is 23.2 Å². The first-order valence-electron chi connectivity index (χ1n) is 10.2. The summed E-state index contributed by atoms with van der Waals surface area (Å²) in [6.45, 7) is 7.06. The molecule has 162 valence electrons. The summed E-state index contributed by atoms with van der Waals surface area (Å²) >= 11 is 0. The van der Waals surface area contributed by atoms with E-state index >= 15 is 0 Å². The lowest BCUT2D eigenvalue weighted by molar-refractivity contribution is -0.384. The molecule has 31 heavy (non-hydrogen) atoms. The van der Waals surface area contributed by atoms with Crippen LogP contribution in [0.4, 0.5) is 27.3 Å². The molecular weight excluding hydrogens is 401 g/mol. The molecule has 1 aromatic carbocycles. The minimum absolute atomic E-state index is 0.0419. The smallest absolute Gasteiger partial charge is 0.311 e.